The van der Waals surface area contributed by atoms with Gasteiger partial charge in [-0.25, -0.2) is 0 Å². The fourth-order valence-corrected chi connectivity index (χ4v) is 4.04. The van der Waals surface area contributed by atoms with Gasteiger partial charge >= 0.3 is 0 Å². The fourth-order valence-electron chi connectivity index (χ4n) is 3.64. The zero-order valence-electron chi connectivity index (χ0n) is 15.3. The van der Waals surface area contributed by atoms with Crippen LogP contribution in [-0.4, -0.2) is 5.91 Å². The molecule has 0 radical (unpaired) electrons. The van der Waals surface area contributed by atoms with Gasteiger partial charge in [0.15, 0.2) is 0 Å². The van der Waals surface area contributed by atoms with E-state index in [0.717, 1.165) is 42.4 Å². The molecule has 3 nitrogen and oxygen atoms in total. The zero-order valence-corrected chi connectivity index (χ0v) is 16.8. The number of nitrogens with one attached hydrogen (secondary N) is 1. The summed E-state index contributed by atoms with van der Waals surface area (Å²) in [4.78, 5) is 12.5. The Kier molecular flexibility index (Phi) is 6.42. The molecule has 1 amide bonds. The Morgan fingerprint density at radius 3 is 2.44 bits per heavy atom. The molecule has 0 bridgehead atoms. The molecular weight excluding hydrogens is 379 g/mol. The minimum Gasteiger partial charge on any atom is -0.326 e. The maximum absolute atomic E-state index is 12.5. The van der Waals surface area contributed by atoms with Gasteiger partial charge < -0.3 is 5.32 Å². The van der Waals surface area contributed by atoms with Gasteiger partial charge in [0, 0.05) is 21.7 Å². The van der Waals surface area contributed by atoms with E-state index in [-0.39, 0.29) is 11.8 Å². The van der Waals surface area contributed by atoms with E-state index in [1.165, 1.54) is 6.42 Å². The summed E-state index contributed by atoms with van der Waals surface area (Å²) in [6.45, 7) is 1.92. The highest BCUT2D eigenvalue weighted by Gasteiger charge is 2.23. The van der Waals surface area contributed by atoms with E-state index in [9.17, 15) is 10.1 Å². The van der Waals surface area contributed by atoms with Gasteiger partial charge in [-0.15, -0.1) is 0 Å². The number of hydrogen-bond donors (Lipinski definition) is 1. The molecule has 0 aromatic heterocycles. The molecule has 1 atom stereocenters. The molecule has 0 saturated heterocycles. The predicted octanol–water partition coefficient (Wildman–Crippen LogP) is 6.48. The minimum atomic E-state index is -0.489. The summed E-state index contributed by atoms with van der Waals surface area (Å²) in [5, 5.41) is 13.8. The summed E-state index contributed by atoms with van der Waals surface area (Å²) in [5.74, 6) is -0.342. The summed E-state index contributed by atoms with van der Waals surface area (Å²) in [7, 11) is 0. The molecule has 0 aliphatic heterocycles. The second-order valence-electron chi connectivity index (χ2n) is 7.13. The first-order valence-corrected chi connectivity index (χ1v) is 10.0. The first-order valence-electron chi connectivity index (χ1n) is 9.25. The molecule has 2 aromatic rings. The summed E-state index contributed by atoms with van der Waals surface area (Å²) in [5.41, 5.74) is 3.18. The monoisotopic (exact) mass is 400 g/mol. The summed E-state index contributed by atoms with van der Waals surface area (Å²) in [6, 6.07) is 13.2. The number of carbonyl (C=O) groups is 1. The van der Waals surface area contributed by atoms with Crippen LogP contribution in [0.25, 0.3) is 0 Å². The van der Waals surface area contributed by atoms with Gasteiger partial charge in [-0.3, -0.25) is 4.79 Å². The standard InChI is InChI=1S/C22H22Cl2N2O/c1-14-11-18(19(13-25)15-7-9-17(23)10-8-15)20(24)12-21(14)26-22(27)16-5-3-2-4-6-16/h7-12,16,19H,2-6H2,1H3,(H,26,27)/t19-/m0/s1. The van der Waals surface area contributed by atoms with Gasteiger partial charge in [0.05, 0.1) is 12.0 Å². The van der Waals surface area contributed by atoms with Gasteiger partial charge in [0.2, 0.25) is 5.91 Å². The highest BCUT2D eigenvalue weighted by Crippen LogP contribution is 2.35. The lowest BCUT2D eigenvalue weighted by Crippen LogP contribution is -2.25. The Labute approximate surface area is 170 Å². The molecule has 1 saturated carbocycles. The van der Waals surface area contributed by atoms with Gasteiger partial charge in [0.25, 0.3) is 0 Å². The van der Waals surface area contributed by atoms with Crippen LogP contribution in [0.5, 0.6) is 0 Å². The molecule has 3 rings (SSSR count). The Morgan fingerprint density at radius 1 is 1.15 bits per heavy atom. The average Bonchev–Trinajstić information content (AvgIpc) is 2.68. The van der Waals surface area contributed by atoms with E-state index in [1.54, 1.807) is 18.2 Å². The molecule has 1 N–H and O–H groups in total. The third-order valence-corrected chi connectivity index (χ3v) is 5.80. The number of benzene rings is 2. The number of carbonyl (C=O) groups excluding carboxylic acids is 1. The van der Waals surface area contributed by atoms with Crippen LogP contribution in [0.3, 0.4) is 0 Å². The van der Waals surface area contributed by atoms with Crippen molar-refractivity contribution in [2.24, 2.45) is 5.92 Å². The first kappa shape index (κ1) is 19.7. The Hall–Kier alpha value is -2.02. The SMILES string of the molecule is Cc1cc([C@@H](C#N)c2ccc(Cl)cc2)c(Cl)cc1NC(=O)C1CCCCC1. The van der Waals surface area contributed by atoms with Gasteiger partial charge in [0.1, 0.15) is 0 Å². The van der Waals surface area contributed by atoms with E-state index in [0.29, 0.717) is 15.7 Å². The van der Waals surface area contributed by atoms with Gasteiger partial charge in [-0.1, -0.05) is 60.7 Å². The van der Waals surface area contributed by atoms with Crippen molar-refractivity contribution >= 4 is 34.8 Å². The van der Waals surface area contributed by atoms with E-state index >= 15 is 0 Å². The smallest absolute Gasteiger partial charge is 0.227 e. The topological polar surface area (TPSA) is 52.9 Å². The van der Waals surface area contributed by atoms with Crippen LogP contribution in [-0.2, 0) is 4.79 Å². The third kappa shape index (κ3) is 4.64. The summed E-state index contributed by atoms with van der Waals surface area (Å²) in [6.07, 6.45) is 5.33. The molecule has 2 aromatic carbocycles. The van der Waals surface area contributed by atoms with Crippen molar-refractivity contribution in [2.45, 2.75) is 44.9 Å². The second kappa shape index (κ2) is 8.78. The molecule has 0 heterocycles. The Morgan fingerprint density at radius 2 is 1.81 bits per heavy atom. The third-order valence-electron chi connectivity index (χ3n) is 5.22. The van der Waals surface area contributed by atoms with Crippen LogP contribution in [0.4, 0.5) is 5.69 Å². The van der Waals surface area contributed by atoms with Gasteiger partial charge in [-0.05, 0) is 54.7 Å². The Balaban J connectivity index is 1.84. The molecule has 27 heavy (non-hydrogen) atoms. The minimum absolute atomic E-state index is 0.0659. The number of nitriles is 1. The largest absolute Gasteiger partial charge is 0.326 e. The molecule has 140 valence electrons. The van der Waals surface area contributed by atoms with Crippen LogP contribution in [0.15, 0.2) is 36.4 Å². The number of hydrogen-bond acceptors (Lipinski definition) is 2. The molecule has 1 aliphatic carbocycles. The number of amides is 1. The molecule has 1 fully saturated rings. The number of aryl methyl sites for hydroxylation is 1. The fraction of sp³-hybridized carbons (Fsp3) is 0.364. The highest BCUT2D eigenvalue weighted by atomic mass is 35.5. The van der Waals surface area contributed by atoms with Crippen molar-refractivity contribution in [2.75, 3.05) is 5.32 Å². The summed E-state index contributed by atoms with van der Waals surface area (Å²) >= 11 is 12.4. The van der Waals surface area contributed by atoms with Crippen molar-refractivity contribution in [3.63, 3.8) is 0 Å². The molecular formula is C22H22Cl2N2O. The normalized spacial score (nSPS) is 15.8. The first-order chi connectivity index (χ1) is 13.0. The van der Waals surface area contributed by atoms with E-state index in [2.05, 4.69) is 11.4 Å². The van der Waals surface area contributed by atoms with Crippen LogP contribution >= 0.6 is 23.2 Å². The number of rotatable bonds is 4. The van der Waals surface area contributed by atoms with Crippen molar-refractivity contribution in [1.82, 2.24) is 0 Å². The number of halogens is 2. The van der Waals surface area contributed by atoms with Gasteiger partial charge in [-0.2, -0.15) is 5.26 Å². The molecule has 0 unspecified atom stereocenters. The van der Waals surface area contributed by atoms with Crippen molar-refractivity contribution in [3.05, 3.63) is 63.1 Å². The zero-order chi connectivity index (χ0) is 19.4. The van der Waals surface area contributed by atoms with Crippen molar-refractivity contribution in [3.8, 4) is 6.07 Å². The molecule has 5 heteroatoms. The van der Waals surface area contributed by atoms with E-state index < -0.39 is 5.92 Å². The van der Waals surface area contributed by atoms with Crippen LogP contribution < -0.4 is 5.32 Å². The second-order valence-corrected chi connectivity index (χ2v) is 7.97. The van der Waals surface area contributed by atoms with Crippen LogP contribution in [0.2, 0.25) is 10.0 Å². The lowest BCUT2D eigenvalue weighted by molar-refractivity contribution is -0.120. The van der Waals surface area contributed by atoms with Crippen LogP contribution in [0, 0.1) is 24.2 Å². The Bertz CT molecular complexity index is 865. The predicted molar refractivity (Wildman–Crippen MR) is 110 cm³/mol. The number of anilines is 1. The maximum atomic E-state index is 12.5. The van der Waals surface area contributed by atoms with Crippen LogP contribution in [0.1, 0.15) is 54.7 Å². The lowest BCUT2D eigenvalue weighted by Gasteiger charge is -2.22. The maximum Gasteiger partial charge on any atom is 0.227 e. The molecule has 0 spiro atoms. The highest BCUT2D eigenvalue weighted by molar-refractivity contribution is 6.32. The van der Waals surface area contributed by atoms with E-state index in [1.807, 2.05) is 25.1 Å². The van der Waals surface area contributed by atoms with Crippen molar-refractivity contribution < 1.29 is 4.79 Å². The molecule has 1 aliphatic rings. The van der Waals surface area contributed by atoms with E-state index in [4.69, 9.17) is 23.2 Å². The average molecular weight is 401 g/mol. The number of nitrogens with zero attached hydrogens (tertiary/aromatic N) is 1. The van der Waals surface area contributed by atoms with Crippen molar-refractivity contribution in [1.29, 1.82) is 5.26 Å². The lowest BCUT2D eigenvalue weighted by atomic mass is 9.88. The summed E-state index contributed by atoms with van der Waals surface area (Å²) < 4.78 is 0. The quantitative estimate of drug-likeness (QED) is 0.638.